The average molecular weight is 432 g/mol. The molecule has 160 valence electrons. The van der Waals surface area contributed by atoms with Gasteiger partial charge < -0.3 is 14.2 Å². The number of benzene rings is 3. The fourth-order valence-electron chi connectivity index (χ4n) is 2.89. The van der Waals surface area contributed by atoms with Crippen molar-refractivity contribution in [3.63, 3.8) is 0 Å². The summed E-state index contributed by atoms with van der Waals surface area (Å²) in [6.45, 7) is 0. The predicted octanol–water partition coefficient (Wildman–Crippen LogP) is 4.95. The summed E-state index contributed by atoms with van der Waals surface area (Å²) in [5, 5.41) is 14.3. The van der Waals surface area contributed by atoms with E-state index in [1.807, 2.05) is 6.07 Å². The fraction of sp³-hybridized carbons (Fsp3) is 0.0455. The summed E-state index contributed by atoms with van der Waals surface area (Å²) >= 11 is 0. The van der Waals surface area contributed by atoms with E-state index in [2.05, 4.69) is 15.3 Å². The summed E-state index contributed by atoms with van der Waals surface area (Å²) in [5.74, 6) is 1.06. The standard InChI is InChI=1S/C22H16N4O6/c1-30-20-12-18-17(11-19(20)26(28)29)21(24-13-23-18)31-16-9-7-14(8-10-16)25-22(27)32-15-5-3-2-4-6-15/h2-13H,1H3,(H,25,27). The molecule has 1 N–H and O–H groups in total. The number of hydrogen-bond acceptors (Lipinski definition) is 8. The zero-order chi connectivity index (χ0) is 22.5. The first-order chi connectivity index (χ1) is 15.5. The van der Waals surface area contributed by atoms with Crippen LogP contribution in [0.1, 0.15) is 0 Å². The van der Waals surface area contributed by atoms with Crippen LogP contribution in [0.2, 0.25) is 0 Å². The minimum Gasteiger partial charge on any atom is -0.490 e. The van der Waals surface area contributed by atoms with E-state index in [-0.39, 0.29) is 17.3 Å². The molecule has 0 fully saturated rings. The topological polar surface area (TPSA) is 126 Å². The molecule has 1 amide bonds. The van der Waals surface area contributed by atoms with Crippen LogP contribution in [0.5, 0.6) is 23.1 Å². The molecule has 0 saturated heterocycles. The minimum atomic E-state index is -0.632. The lowest BCUT2D eigenvalue weighted by molar-refractivity contribution is -0.385. The average Bonchev–Trinajstić information content (AvgIpc) is 2.80. The Labute approximate surface area is 181 Å². The van der Waals surface area contributed by atoms with Crippen LogP contribution >= 0.6 is 0 Å². The van der Waals surface area contributed by atoms with E-state index in [0.29, 0.717) is 28.1 Å². The zero-order valence-corrected chi connectivity index (χ0v) is 16.7. The van der Waals surface area contributed by atoms with E-state index in [4.69, 9.17) is 14.2 Å². The Hall–Kier alpha value is -4.73. The second kappa shape index (κ2) is 8.96. The van der Waals surface area contributed by atoms with Gasteiger partial charge in [-0.2, -0.15) is 0 Å². The molecule has 3 aromatic carbocycles. The summed E-state index contributed by atoms with van der Waals surface area (Å²) in [4.78, 5) is 31.0. The third kappa shape index (κ3) is 4.54. The number of ether oxygens (including phenoxy) is 3. The maximum Gasteiger partial charge on any atom is 0.417 e. The number of rotatable bonds is 6. The maximum absolute atomic E-state index is 12.0. The molecule has 4 rings (SSSR count). The Morgan fingerprint density at radius 1 is 1.00 bits per heavy atom. The van der Waals surface area contributed by atoms with Crippen molar-refractivity contribution in [2.24, 2.45) is 0 Å². The van der Waals surface area contributed by atoms with Crippen molar-refractivity contribution in [1.82, 2.24) is 9.97 Å². The molecule has 1 aromatic heterocycles. The quantitative estimate of drug-likeness (QED) is 0.335. The lowest BCUT2D eigenvalue weighted by Crippen LogP contribution is -2.16. The molecular weight excluding hydrogens is 416 g/mol. The largest absolute Gasteiger partial charge is 0.490 e. The Kier molecular flexibility index (Phi) is 5.75. The van der Waals surface area contributed by atoms with Gasteiger partial charge in [-0.1, -0.05) is 18.2 Å². The molecule has 0 bridgehead atoms. The molecule has 10 heteroatoms. The summed E-state index contributed by atoms with van der Waals surface area (Å²) in [6, 6.07) is 17.9. The number of carbonyl (C=O) groups is 1. The molecule has 10 nitrogen and oxygen atoms in total. The molecule has 0 atom stereocenters. The highest BCUT2D eigenvalue weighted by molar-refractivity contribution is 5.88. The predicted molar refractivity (Wildman–Crippen MR) is 115 cm³/mol. The fourth-order valence-corrected chi connectivity index (χ4v) is 2.89. The van der Waals surface area contributed by atoms with Crippen LogP contribution in [0.3, 0.4) is 0 Å². The number of fused-ring (bicyclic) bond motifs is 1. The Bertz CT molecular complexity index is 1280. The van der Waals surface area contributed by atoms with Gasteiger partial charge in [-0.15, -0.1) is 0 Å². The van der Waals surface area contributed by atoms with E-state index in [9.17, 15) is 14.9 Å². The molecule has 0 aliphatic carbocycles. The van der Waals surface area contributed by atoms with E-state index in [1.54, 1.807) is 48.5 Å². The number of amides is 1. The Morgan fingerprint density at radius 2 is 1.75 bits per heavy atom. The van der Waals surface area contributed by atoms with Crippen molar-refractivity contribution in [1.29, 1.82) is 0 Å². The number of nitrogens with zero attached hydrogens (tertiary/aromatic N) is 3. The molecule has 0 aliphatic rings. The second-order valence-corrected chi connectivity index (χ2v) is 6.43. The second-order valence-electron chi connectivity index (χ2n) is 6.43. The highest BCUT2D eigenvalue weighted by Gasteiger charge is 2.19. The number of carbonyl (C=O) groups excluding carboxylic acids is 1. The third-order valence-electron chi connectivity index (χ3n) is 4.37. The van der Waals surface area contributed by atoms with Crippen molar-refractivity contribution in [2.75, 3.05) is 12.4 Å². The van der Waals surface area contributed by atoms with E-state index < -0.39 is 11.0 Å². The zero-order valence-electron chi connectivity index (χ0n) is 16.7. The number of nitrogens with one attached hydrogen (secondary N) is 1. The normalized spacial score (nSPS) is 10.4. The van der Waals surface area contributed by atoms with Gasteiger partial charge in [0.05, 0.1) is 22.9 Å². The maximum atomic E-state index is 12.0. The number of aromatic nitrogens is 2. The minimum absolute atomic E-state index is 0.0879. The first-order valence-corrected chi connectivity index (χ1v) is 9.32. The van der Waals surface area contributed by atoms with Gasteiger partial charge in [0.15, 0.2) is 5.75 Å². The highest BCUT2D eigenvalue weighted by atomic mass is 16.6. The summed E-state index contributed by atoms with van der Waals surface area (Å²) in [6.07, 6.45) is 0.659. The smallest absolute Gasteiger partial charge is 0.417 e. The van der Waals surface area contributed by atoms with Crippen LogP contribution < -0.4 is 19.5 Å². The monoisotopic (exact) mass is 432 g/mol. The Morgan fingerprint density at radius 3 is 2.44 bits per heavy atom. The van der Waals surface area contributed by atoms with Crippen molar-refractivity contribution in [2.45, 2.75) is 0 Å². The molecule has 0 radical (unpaired) electrons. The summed E-state index contributed by atoms with van der Waals surface area (Å²) in [5.41, 5.74) is 0.696. The lowest BCUT2D eigenvalue weighted by atomic mass is 10.2. The van der Waals surface area contributed by atoms with Gasteiger partial charge in [0, 0.05) is 17.8 Å². The van der Waals surface area contributed by atoms with Crippen LogP contribution in [-0.4, -0.2) is 28.1 Å². The van der Waals surface area contributed by atoms with Gasteiger partial charge in [-0.05, 0) is 36.4 Å². The van der Waals surface area contributed by atoms with Crippen molar-refractivity contribution in [3.05, 3.63) is 83.2 Å². The third-order valence-corrected chi connectivity index (χ3v) is 4.37. The molecule has 0 saturated carbocycles. The van der Waals surface area contributed by atoms with Crippen LogP contribution in [0.4, 0.5) is 16.2 Å². The summed E-state index contributed by atoms with van der Waals surface area (Å²) in [7, 11) is 1.35. The molecule has 0 unspecified atom stereocenters. The molecular formula is C22H16N4O6. The van der Waals surface area contributed by atoms with Crippen molar-refractivity contribution >= 4 is 28.4 Å². The van der Waals surface area contributed by atoms with Crippen molar-refractivity contribution < 1.29 is 23.9 Å². The van der Waals surface area contributed by atoms with E-state index in [0.717, 1.165) is 0 Å². The molecule has 32 heavy (non-hydrogen) atoms. The van der Waals surface area contributed by atoms with Gasteiger partial charge in [0.25, 0.3) is 0 Å². The lowest BCUT2D eigenvalue weighted by Gasteiger charge is -2.10. The van der Waals surface area contributed by atoms with Gasteiger partial charge in [0.2, 0.25) is 5.88 Å². The molecule has 1 heterocycles. The van der Waals surface area contributed by atoms with E-state index >= 15 is 0 Å². The van der Waals surface area contributed by atoms with Gasteiger partial charge in [0.1, 0.15) is 17.8 Å². The number of anilines is 1. The number of methoxy groups -OCH3 is 1. The number of nitro groups is 1. The highest BCUT2D eigenvalue weighted by Crippen LogP contribution is 2.35. The SMILES string of the molecule is COc1cc2ncnc(Oc3ccc(NC(=O)Oc4ccccc4)cc3)c2cc1[N+](=O)[O-]. The molecule has 0 spiro atoms. The molecule has 4 aromatic rings. The van der Waals surface area contributed by atoms with Gasteiger partial charge >= 0.3 is 11.8 Å². The van der Waals surface area contributed by atoms with Gasteiger partial charge in [-0.3, -0.25) is 15.4 Å². The van der Waals surface area contributed by atoms with E-state index in [1.165, 1.54) is 25.6 Å². The van der Waals surface area contributed by atoms with Crippen LogP contribution in [-0.2, 0) is 0 Å². The Balaban J connectivity index is 1.51. The number of para-hydroxylation sites is 1. The summed E-state index contributed by atoms with van der Waals surface area (Å²) < 4.78 is 16.0. The number of nitro benzene ring substituents is 1. The van der Waals surface area contributed by atoms with Gasteiger partial charge in [-0.25, -0.2) is 14.8 Å². The first-order valence-electron chi connectivity index (χ1n) is 9.32. The van der Waals surface area contributed by atoms with Crippen molar-refractivity contribution in [3.8, 4) is 23.1 Å². The van der Waals surface area contributed by atoms with Crippen LogP contribution in [0, 0.1) is 10.1 Å². The first kappa shape index (κ1) is 20.5. The van der Waals surface area contributed by atoms with Crippen LogP contribution in [0.15, 0.2) is 73.1 Å². The molecule has 0 aliphatic heterocycles. The van der Waals surface area contributed by atoms with Crippen LogP contribution in [0.25, 0.3) is 10.9 Å². The number of hydrogen-bond donors (Lipinski definition) is 1.